The quantitative estimate of drug-likeness (QED) is 0.409. The zero-order valence-corrected chi connectivity index (χ0v) is 19.2. The van der Waals surface area contributed by atoms with Crippen LogP contribution >= 0.6 is 0 Å². The number of aromatic nitrogens is 4. The predicted molar refractivity (Wildman–Crippen MR) is 122 cm³/mol. The van der Waals surface area contributed by atoms with E-state index in [1.54, 1.807) is 36.7 Å². The summed E-state index contributed by atoms with van der Waals surface area (Å²) in [7, 11) is -4.41. The van der Waals surface area contributed by atoms with Crippen LogP contribution in [0.15, 0.2) is 71.9 Å². The highest BCUT2D eigenvalue weighted by atomic mass is 32.2. The first-order chi connectivity index (χ1) is 16.8. The molecule has 1 aliphatic heterocycles. The Hall–Kier alpha value is -3.57. The van der Waals surface area contributed by atoms with Gasteiger partial charge in [-0.15, -0.1) is 0 Å². The van der Waals surface area contributed by atoms with Crippen LogP contribution in [0.3, 0.4) is 0 Å². The number of piperidine rings is 1. The third kappa shape index (κ3) is 4.44. The van der Waals surface area contributed by atoms with Crippen molar-refractivity contribution in [2.45, 2.75) is 23.7 Å². The highest BCUT2D eigenvalue weighted by molar-refractivity contribution is 7.89. The van der Waals surface area contributed by atoms with E-state index in [1.807, 2.05) is 0 Å². The van der Waals surface area contributed by atoms with E-state index in [4.69, 9.17) is 0 Å². The molecule has 1 aliphatic rings. The highest BCUT2D eigenvalue weighted by Crippen LogP contribution is 2.34. The van der Waals surface area contributed by atoms with Crippen LogP contribution in [0.25, 0.3) is 17.2 Å². The van der Waals surface area contributed by atoms with Gasteiger partial charge in [0.2, 0.25) is 10.0 Å². The van der Waals surface area contributed by atoms with Gasteiger partial charge in [-0.3, -0.25) is 0 Å². The van der Waals surface area contributed by atoms with Crippen molar-refractivity contribution in [3.63, 3.8) is 0 Å². The molecule has 1 atom stereocenters. The molecule has 0 saturated carbocycles. The molecule has 0 bridgehead atoms. The van der Waals surface area contributed by atoms with Crippen molar-refractivity contribution in [2.75, 3.05) is 13.1 Å². The Morgan fingerprint density at radius 1 is 0.914 bits per heavy atom. The van der Waals surface area contributed by atoms with Crippen molar-refractivity contribution < 1.29 is 21.6 Å². The van der Waals surface area contributed by atoms with Gasteiger partial charge in [0.1, 0.15) is 17.5 Å². The van der Waals surface area contributed by atoms with Gasteiger partial charge in [0.05, 0.1) is 11.4 Å². The fraction of sp³-hybridized carbons (Fsp3) is 0.208. The van der Waals surface area contributed by atoms with Crippen molar-refractivity contribution in [1.29, 1.82) is 0 Å². The molecule has 0 amide bonds. The molecule has 1 fully saturated rings. The molecule has 2 aromatic heterocycles. The van der Waals surface area contributed by atoms with Gasteiger partial charge in [0, 0.05) is 37.0 Å². The van der Waals surface area contributed by atoms with Crippen LogP contribution in [0.5, 0.6) is 0 Å². The zero-order chi connectivity index (χ0) is 24.6. The minimum Gasteiger partial charge on any atom is -0.220 e. The maximum atomic E-state index is 14.3. The Labute approximate surface area is 199 Å². The third-order valence-electron chi connectivity index (χ3n) is 5.94. The van der Waals surface area contributed by atoms with E-state index in [9.17, 15) is 21.6 Å². The molecule has 11 heteroatoms. The summed E-state index contributed by atoms with van der Waals surface area (Å²) in [6, 6.07) is 12.3. The second-order valence-corrected chi connectivity index (χ2v) is 10.0. The minimum atomic E-state index is -4.41. The van der Waals surface area contributed by atoms with Crippen molar-refractivity contribution in [2.24, 2.45) is 0 Å². The average molecular weight is 500 g/mol. The minimum absolute atomic E-state index is 0.00249. The van der Waals surface area contributed by atoms with Crippen LogP contribution < -0.4 is 0 Å². The molecule has 35 heavy (non-hydrogen) atoms. The standard InChI is InChI=1S/C24H20F3N5O2S/c25-18-9-7-16(8-10-18)21-14-22(32(30-21)24-28-11-3-12-29-24)17-4-2-13-31(15-17)35(33,34)23-19(26)5-1-6-20(23)27/h1,3,5-12,14,17H,2,4,13,15H2. The fourth-order valence-electron chi connectivity index (χ4n) is 4.27. The summed E-state index contributed by atoms with van der Waals surface area (Å²) in [6.07, 6.45) is 4.22. The van der Waals surface area contributed by atoms with Crippen LogP contribution in [-0.4, -0.2) is 45.6 Å². The van der Waals surface area contributed by atoms with Gasteiger partial charge < -0.3 is 0 Å². The second-order valence-electron chi connectivity index (χ2n) is 8.17. The number of nitrogens with zero attached hydrogens (tertiary/aromatic N) is 5. The molecule has 0 spiro atoms. The zero-order valence-electron chi connectivity index (χ0n) is 18.4. The molecule has 0 aliphatic carbocycles. The monoisotopic (exact) mass is 499 g/mol. The molecule has 1 unspecified atom stereocenters. The maximum absolute atomic E-state index is 14.3. The van der Waals surface area contributed by atoms with Gasteiger partial charge in [-0.25, -0.2) is 36.2 Å². The van der Waals surface area contributed by atoms with Gasteiger partial charge in [0.25, 0.3) is 5.95 Å². The molecule has 3 heterocycles. The van der Waals surface area contributed by atoms with Gasteiger partial charge in [-0.1, -0.05) is 6.07 Å². The Kier molecular flexibility index (Phi) is 6.12. The van der Waals surface area contributed by atoms with Crippen LogP contribution in [0.4, 0.5) is 13.2 Å². The lowest BCUT2D eigenvalue weighted by atomic mass is 9.95. The average Bonchev–Trinajstić information content (AvgIpc) is 3.30. The maximum Gasteiger partial charge on any atom is 0.250 e. The van der Waals surface area contributed by atoms with Gasteiger partial charge in [-0.2, -0.15) is 9.40 Å². The van der Waals surface area contributed by atoms with Crippen LogP contribution in [-0.2, 0) is 10.0 Å². The Morgan fingerprint density at radius 3 is 2.29 bits per heavy atom. The smallest absolute Gasteiger partial charge is 0.220 e. The van der Waals surface area contributed by atoms with Crippen molar-refractivity contribution in [1.82, 2.24) is 24.1 Å². The lowest BCUT2D eigenvalue weighted by molar-refractivity contribution is 0.307. The van der Waals surface area contributed by atoms with Gasteiger partial charge >= 0.3 is 0 Å². The Bertz CT molecular complexity index is 1440. The number of hydrogen-bond acceptors (Lipinski definition) is 5. The van der Waals surface area contributed by atoms with Crippen LogP contribution in [0, 0.1) is 17.5 Å². The molecule has 4 aromatic rings. The third-order valence-corrected chi connectivity index (χ3v) is 7.86. The van der Waals surface area contributed by atoms with E-state index in [0.29, 0.717) is 29.8 Å². The van der Waals surface area contributed by atoms with E-state index >= 15 is 0 Å². The summed E-state index contributed by atoms with van der Waals surface area (Å²) in [4.78, 5) is 7.57. The highest BCUT2D eigenvalue weighted by Gasteiger charge is 2.36. The topological polar surface area (TPSA) is 81.0 Å². The van der Waals surface area contributed by atoms with E-state index < -0.39 is 26.6 Å². The molecule has 0 N–H and O–H groups in total. The van der Waals surface area contributed by atoms with E-state index in [2.05, 4.69) is 15.1 Å². The molecule has 2 aromatic carbocycles. The first kappa shape index (κ1) is 23.2. The first-order valence-electron chi connectivity index (χ1n) is 10.9. The lowest BCUT2D eigenvalue weighted by Crippen LogP contribution is -2.40. The molecular weight excluding hydrogens is 479 g/mol. The Balaban J connectivity index is 1.54. The van der Waals surface area contributed by atoms with Crippen LogP contribution in [0.1, 0.15) is 24.5 Å². The van der Waals surface area contributed by atoms with Crippen molar-refractivity contribution >= 4 is 10.0 Å². The fourth-order valence-corrected chi connectivity index (χ4v) is 5.90. The molecule has 180 valence electrons. The van der Waals surface area contributed by atoms with Gasteiger partial charge in [-0.05, 0) is 61.4 Å². The molecule has 0 radical (unpaired) electrons. The molecule has 5 rings (SSSR count). The molecule has 1 saturated heterocycles. The number of sulfonamides is 1. The molecular formula is C24H20F3N5O2S. The van der Waals surface area contributed by atoms with E-state index in [1.165, 1.54) is 16.8 Å². The number of halogens is 3. The molecule has 7 nitrogen and oxygen atoms in total. The summed E-state index contributed by atoms with van der Waals surface area (Å²) in [5, 5.41) is 4.61. The summed E-state index contributed by atoms with van der Waals surface area (Å²) < 4.78 is 71.1. The normalized spacial score (nSPS) is 16.9. The van der Waals surface area contributed by atoms with E-state index in [-0.39, 0.29) is 30.8 Å². The lowest BCUT2D eigenvalue weighted by Gasteiger charge is -2.32. The predicted octanol–water partition coefficient (Wildman–Crippen LogP) is 4.31. The largest absolute Gasteiger partial charge is 0.250 e. The second kappa shape index (κ2) is 9.23. The van der Waals surface area contributed by atoms with Crippen molar-refractivity contribution in [3.8, 4) is 17.2 Å². The first-order valence-corrected chi connectivity index (χ1v) is 12.4. The SMILES string of the molecule is O=S(=O)(c1c(F)cccc1F)N1CCCC(c2cc(-c3ccc(F)cc3)nn2-c2ncccn2)C1. The number of rotatable bonds is 5. The summed E-state index contributed by atoms with van der Waals surface area (Å²) >= 11 is 0. The van der Waals surface area contributed by atoms with E-state index in [0.717, 1.165) is 22.5 Å². The summed E-state index contributed by atoms with van der Waals surface area (Å²) in [5.74, 6) is -2.70. The van der Waals surface area contributed by atoms with Crippen LogP contribution in [0.2, 0.25) is 0 Å². The number of hydrogen-bond donors (Lipinski definition) is 0. The van der Waals surface area contributed by atoms with Gasteiger partial charge in [0.15, 0.2) is 4.90 Å². The Morgan fingerprint density at radius 2 is 1.60 bits per heavy atom. The summed E-state index contributed by atoms with van der Waals surface area (Å²) in [6.45, 7) is 0.130. The summed E-state index contributed by atoms with van der Waals surface area (Å²) in [5.41, 5.74) is 1.84. The van der Waals surface area contributed by atoms with Crippen molar-refractivity contribution in [3.05, 3.63) is 90.1 Å². The number of benzene rings is 2.